The van der Waals surface area contributed by atoms with E-state index in [0.29, 0.717) is 32.7 Å². The van der Waals surface area contributed by atoms with Crippen LogP contribution < -0.4 is 25.4 Å². The van der Waals surface area contributed by atoms with Gasteiger partial charge in [0.05, 0.1) is 35.4 Å². The first-order valence-corrected chi connectivity index (χ1v) is 16.0. The van der Waals surface area contributed by atoms with E-state index < -0.39 is 51.1 Å². The number of fused-ring (bicyclic) bond motifs is 3. The van der Waals surface area contributed by atoms with Gasteiger partial charge in [-0.25, -0.2) is 13.8 Å². The second kappa shape index (κ2) is 11.7. The standard InChI is InChI=1S/C31H35ClF5N7O3/c1-29-11-18(13-45-14-29)44(7-5-39-2)26-21-25(41-28(42-26)46-15-30-4-3-6-43(30)12-16(33)10-30)23(34)24(40-27(21)47-29)19-8-17(38)9-20(32)22(19)31(35,36)37/h8-9,16,18,39H,3-7,10-15,38H2,1-2H3/t16-,18?,29?,30+/m1/s1. The average molecular weight is 684 g/mol. The molecule has 10 nitrogen and oxygen atoms in total. The van der Waals surface area contributed by atoms with Crippen LogP contribution in [0.1, 0.15) is 38.2 Å². The molecule has 6 heterocycles. The molecule has 4 atom stereocenters. The fourth-order valence-corrected chi connectivity index (χ4v) is 7.94. The van der Waals surface area contributed by atoms with Crippen molar-refractivity contribution in [3.63, 3.8) is 0 Å². The molecular weight excluding hydrogens is 649 g/mol. The Bertz CT molecular complexity index is 1720. The van der Waals surface area contributed by atoms with Gasteiger partial charge in [0.15, 0.2) is 5.82 Å². The Labute approximate surface area is 272 Å². The van der Waals surface area contributed by atoms with Gasteiger partial charge in [-0.05, 0) is 45.5 Å². The van der Waals surface area contributed by atoms with Crippen LogP contribution in [0.15, 0.2) is 12.1 Å². The molecular formula is C31H35ClF5N7O3. The van der Waals surface area contributed by atoms with Gasteiger partial charge < -0.3 is 30.2 Å². The number of ether oxygens (including phenoxy) is 3. The summed E-state index contributed by atoms with van der Waals surface area (Å²) in [6.45, 7) is 4.35. The molecule has 3 aromatic rings. The maximum atomic E-state index is 16.9. The average Bonchev–Trinajstić information content (AvgIpc) is 3.51. The Hall–Kier alpha value is -3.27. The molecule has 3 saturated heterocycles. The lowest BCUT2D eigenvalue weighted by Crippen LogP contribution is -2.55. The molecule has 0 aliphatic carbocycles. The number of pyridine rings is 1. The first kappa shape index (κ1) is 32.3. The monoisotopic (exact) mass is 683 g/mol. The van der Waals surface area contributed by atoms with E-state index in [4.69, 9.17) is 36.5 Å². The molecule has 3 fully saturated rings. The highest BCUT2D eigenvalue weighted by Gasteiger charge is 2.50. The van der Waals surface area contributed by atoms with Crippen molar-refractivity contribution in [1.29, 1.82) is 0 Å². The number of nitrogen functional groups attached to an aromatic ring is 1. The van der Waals surface area contributed by atoms with E-state index in [2.05, 4.69) is 20.2 Å². The first-order chi connectivity index (χ1) is 22.3. The second-order valence-corrected chi connectivity index (χ2v) is 13.5. The number of likely N-dealkylation sites (N-methyl/N-ethyl adjacent to an activating group) is 1. The molecule has 2 bridgehead atoms. The van der Waals surface area contributed by atoms with Crippen LogP contribution in [0, 0.1) is 5.82 Å². The van der Waals surface area contributed by atoms with Gasteiger partial charge in [-0.1, -0.05) is 11.6 Å². The summed E-state index contributed by atoms with van der Waals surface area (Å²) in [4.78, 5) is 17.6. The van der Waals surface area contributed by atoms with Crippen LogP contribution >= 0.6 is 11.6 Å². The van der Waals surface area contributed by atoms with Gasteiger partial charge in [-0.3, -0.25) is 4.90 Å². The van der Waals surface area contributed by atoms with E-state index in [0.717, 1.165) is 31.5 Å². The first-order valence-electron chi connectivity index (χ1n) is 15.6. The SMILES string of the molecule is CNCCN1c2nc(OC[C@@]34CCCN3C[C@H](F)C4)nc3c(F)c(-c4cc(N)cc(Cl)c4C(F)(F)F)nc(c23)OC2(C)COCC1C2. The van der Waals surface area contributed by atoms with Crippen LogP contribution in [0.25, 0.3) is 22.2 Å². The number of nitrogens with zero attached hydrogens (tertiary/aromatic N) is 5. The number of nitrogens with two attached hydrogens (primary N) is 1. The molecule has 254 valence electrons. The molecule has 4 aliphatic heterocycles. The molecule has 0 saturated carbocycles. The number of rotatable bonds is 7. The minimum absolute atomic E-state index is 0.0610. The van der Waals surface area contributed by atoms with Crippen LogP contribution in [0.3, 0.4) is 0 Å². The summed E-state index contributed by atoms with van der Waals surface area (Å²) in [5.74, 6) is -1.08. The van der Waals surface area contributed by atoms with Crippen molar-refractivity contribution in [3.05, 3.63) is 28.5 Å². The summed E-state index contributed by atoms with van der Waals surface area (Å²) >= 11 is 6.05. The van der Waals surface area contributed by atoms with Crippen LogP contribution in [0.4, 0.5) is 33.5 Å². The highest BCUT2D eigenvalue weighted by Crippen LogP contribution is 2.48. The molecule has 7 rings (SSSR count). The lowest BCUT2D eigenvalue weighted by molar-refractivity contribution is -0.137. The summed E-state index contributed by atoms with van der Waals surface area (Å²) in [7, 11) is 1.79. The fraction of sp³-hybridized carbons (Fsp3) is 0.581. The Kier molecular flexibility index (Phi) is 8.04. The van der Waals surface area contributed by atoms with E-state index in [-0.39, 0.29) is 60.0 Å². The third kappa shape index (κ3) is 5.68. The lowest BCUT2D eigenvalue weighted by Gasteiger charge is -2.45. The zero-order valence-corrected chi connectivity index (χ0v) is 26.6. The quantitative estimate of drug-likeness (QED) is 0.261. The lowest BCUT2D eigenvalue weighted by atomic mass is 9.93. The molecule has 2 unspecified atom stereocenters. The largest absolute Gasteiger partial charge is 0.468 e. The van der Waals surface area contributed by atoms with Crippen LogP contribution in [-0.2, 0) is 10.9 Å². The van der Waals surface area contributed by atoms with Gasteiger partial charge >= 0.3 is 12.2 Å². The van der Waals surface area contributed by atoms with Crippen molar-refractivity contribution in [2.75, 3.05) is 63.7 Å². The number of anilines is 2. The minimum atomic E-state index is -4.97. The van der Waals surface area contributed by atoms with Gasteiger partial charge in [0.25, 0.3) is 0 Å². The maximum Gasteiger partial charge on any atom is 0.418 e. The highest BCUT2D eigenvalue weighted by atomic mass is 35.5. The molecule has 1 aromatic carbocycles. The number of hydrogen-bond acceptors (Lipinski definition) is 10. The topological polar surface area (TPSA) is 111 Å². The summed E-state index contributed by atoms with van der Waals surface area (Å²) < 4.78 is 93.0. The normalized spacial score (nSPS) is 27.4. The molecule has 3 N–H and O–H groups in total. The molecule has 0 spiro atoms. The van der Waals surface area contributed by atoms with E-state index in [1.54, 1.807) is 14.0 Å². The molecule has 0 radical (unpaired) electrons. The van der Waals surface area contributed by atoms with E-state index in [1.807, 2.05) is 4.90 Å². The molecule has 0 amide bonds. The summed E-state index contributed by atoms with van der Waals surface area (Å²) in [5.41, 5.74) is 1.28. The highest BCUT2D eigenvalue weighted by molar-refractivity contribution is 6.32. The van der Waals surface area contributed by atoms with Crippen LogP contribution in [0.5, 0.6) is 11.9 Å². The Morgan fingerprint density at radius 3 is 2.79 bits per heavy atom. The number of alkyl halides is 4. The van der Waals surface area contributed by atoms with E-state index in [9.17, 15) is 17.6 Å². The Morgan fingerprint density at radius 2 is 2.02 bits per heavy atom. The number of aromatic nitrogens is 3. The van der Waals surface area contributed by atoms with Gasteiger partial charge in [0.2, 0.25) is 5.88 Å². The molecule has 4 aliphatic rings. The van der Waals surface area contributed by atoms with Gasteiger partial charge in [-0.15, -0.1) is 0 Å². The van der Waals surface area contributed by atoms with Crippen molar-refractivity contribution in [2.24, 2.45) is 0 Å². The molecule has 2 aromatic heterocycles. The Morgan fingerprint density at radius 1 is 1.21 bits per heavy atom. The van der Waals surface area contributed by atoms with Gasteiger partial charge in [-0.2, -0.15) is 23.1 Å². The van der Waals surface area contributed by atoms with Crippen LogP contribution in [-0.4, -0.2) is 96.3 Å². The Balaban J connectivity index is 1.46. The third-order valence-electron chi connectivity index (χ3n) is 9.64. The summed E-state index contributed by atoms with van der Waals surface area (Å²) in [6, 6.07) is 1.48. The third-order valence-corrected chi connectivity index (χ3v) is 9.94. The van der Waals surface area contributed by atoms with Crippen molar-refractivity contribution in [3.8, 4) is 23.1 Å². The number of halogens is 6. The van der Waals surface area contributed by atoms with E-state index >= 15 is 4.39 Å². The zero-order chi connectivity index (χ0) is 33.3. The predicted octanol–water partition coefficient (Wildman–Crippen LogP) is 5.01. The molecule has 16 heteroatoms. The number of benzene rings is 1. The van der Waals surface area contributed by atoms with Gasteiger partial charge in [0.1, 0.15) is 40.8 Å². The summed E-state index contributed by atoms with van der Waals surface area (Å²) in [5, 5.41) is 2.50. The summed E-state index contributed by atoms with van der Waals surface area (Å²) in [6.07, 6.45) is -3.62. The molecule has 47 heavy (non-hydrogen) atoms. The maximum absolute atomic E-state index is 16.9. The zero-order valence-electron chi connectivity index (χ0n) is 25.9. The van der Waals surface area contributed by atoms with Crippen molar-refractivity contribution in [2.45, 2.75) is 62.1 Å². The number of nitrogens with one attached hydrogen (secondary N) is 1. The van der Waals surface area contributed by atoms with Crippen molar-refractivity contribution in [1.82, 2.24) is 25.2 Å². The van der Waals surface area contributed by atoms with Crippen LogP contribution in [0.2, 0.25) is 5.02 Å². The predicted molar refractivity (Wildman–Crippen MR) is 165 cm³/mol. The fourth-order valence-electron chi connectivity index (χ4n) is 7.60. The van der Waals surface area contributed by atoms with Gasteiger partial charge in [0, 0.05) is 43.7 Å². The number of hydrogen-bond donors (Lipinski definition) is 2. The van der Waals surface area contributed by atoms with Crippen molar-refractivity contribution < 1.29 is 36.2 Å². The second-order valence-electron chi connectivity index (χ2n) is 13.1. The minimum Gasteiger partial charge on any atom is -0.468 e. The smallest absolute Gasteiger partial charge is 0.418 e. The van der Waals surface area contributed by atoms with E-state index in [1.165, 1.54) is 0 Å². The van der Waals surface area contributed by atoms with Crippen molar-refractivity contribution >= 4 is 34.0 Å².